The van der Waals surface area contributed by atoms with E-state index in [-0.39, 0.29) is 23.1 Å². The van der Waals surface area contributed by atoms with Gasteiger partial charge in [-0.1, -0.05) is 47.5 Å². The lowest BCUT2D eigenvalue weighted by molar-refractivity contribution is -0.0858. The molecule has 3 aromatic rings. The van der Waals surface area contributed by atoms with Crippen LogP contribution in [0.2, 0.25) is 10.0 Å². The average molecular weight is 486 g/mol. The van der Waals surface area contributed by atoms with Crippen molar-refractivity contribution in [2.75, 3.05) is 32.8 Å². The summed E-state index contributed by atoms with van der Waals surface area (Å²) < 4.78 is 19.6. The number of hydrogen-bond donors (Lipinski definition) is 0. The number of benzene rings is 2. The summed E-state index contributed by atoms with van der Waals surface area (Å²) in [5, 5.41) is 0.509. The van der Waals surface area contributed by atoms with Crippen LogP contribution in [0.4, 0.5) is 4.39 Å². The SMILES string of the molecule is O=C(c1cccc(-c2ccccn2)c1Cl)N1CCN2C[C@@H](c3ccc(F)c(Cl)c3)OC[C@@H]2C1. The number of morpholine rings is 1. The number of pyridine rings is 1. The van der Waals surface area contributed by atoms with E-state index in [2.05, 4.69) is 9.88 Å². The van der Waals surface area contributed by atoms with E-state index in [0.717, 1.165) is 23.4 Å². The second-order valence-corrected chi connectivity index (χ2v) is 9.06. The molecule has 0 N–H and O–H groups in total. The Bertz CT molecular complexity index is 1180. The van der Waals surface area contributed by atoms with Gasteiger partial charge in [0.1, 0.15) is 5.82 Å². The first-order valence-electron chi connectivity index (χ1n) is 10.8. The third-order valence-corrected chi connectivity index (χ3v) is 6.96. The van der Waals surface area contributed by atoms with Gasteiger partial charge >= 0.3 is 0 Å². The molecule has 5 rings (SSSR count). The van der Waals surface area contributed by atoms with Crippen LogP contribution in [-0.4, -0.2) is 59.5 Å². The number of rotatable bonds is 3. The lowest BCUT2D eigenvalue weighted by Crippen LogP contribution is -2.59. The van der Waals surface area contributed by atoms with Crippen LogP contribution in [0, 0.1) is 5.82 Å². The Hall–Kier alpha value is -2.51. The molecule has 0 radical (unpaired) electrons. The Morgan fingerprint density at radius 2 is 1.94 bits per heavy atom. The molecule has 2 saturated heterocycles. The van der Waals surface area contributed by atoms with E-state index in [9.17, 15) is 9.18 Å². The molecule has 5 nitrogen and oxygen atoms in total. The Kier molecular flexibility index (Phi) is 6.34. The number of nitrogens with zero attached hydrogens (tertiary/aromatic N) is 3. The molecule has 0 unspecified atom stereocenters. The van der Waals surface area contributed by atoms with Crippen LogP contribution in [0.15, 0.2) is 60.8 Å². The largest absolute Gasteiger partial charge is 0.370 e. The normalized spacial score (nSPS) is 21.0. The van der Waals surface area contributed by atoms with E-state index in [1.54, 1.807) is 24.4 Å². The zero-order valence-electron chi connectivity index (χ0n) is 17.8. The van der Waals surface area contributed by atoms with Crippen molar-refractivity contribution < 1.29 is 13.9 Å². The highest BCUT2D eigenvalue weighted by Gasteiger charge is 2.36. The molecule has 0 aliphatic carbocycles. The molecule has 1 aromatic heterocycles. The van der Waals surface area contributed by atoms with E-state index in [1.807, 2.05) is 35.2 Å². The maximum Gasteiger partial charge on any atom is 0.255 e. The number of hydrogen-bond acceptors (Lipinski definition) is 4. The summed E-state index contributed by atoms with van der Waals surface area (Å²) in [6.45, 7) is 3.02. The molecule has 2 aliphatic heterocycles. The van der Waals surface area contributed by atoms with E-state index in [0.29, 0.717) is 36.8 Å². The number of fused-ring (bicyclic) bond motifs is 1. The third kappa shape index (κ3) is 4.49. The summed E-state index contributed by atoms with van der Waals surface area (Å²) in [5.41, 5.74) is 2.80. The van der Waals surface area contributed by atoms with Gasteiger partial charge in [-0.2, -0.15) is 0 Å². The topological polar surface area (TPSA) is 45.7 Å². The lowest BCUT2D eigenvalue weighted by Gasteiger charge is -2.46. The van der Waals surface area contributed by atoms with Gasteiger partial charge in [0.15, 0.2) is 0 Å². The minimum absolute atomic E-state index is 0.0904. The lowest BCUT2D eigenvalue weighted by atomic mass is 10.0. The fourth-order valence-corrected chi connectivity index (χ4v) is 4.96. The standard InChI is InChI=1S/C25H22Cl2FN3O2/c26-20-12-16(7-8-21(20)28)23-14-30-10-11-31(13-17(30)15-33-23)25(32)19-5-3-4-18(24(19)27)22-6-1-2-9-29-22/h1-9,12,17,23H,10-11,13-15H2/t17-,23-/m0/s1. The number of ether oxygens (including phenoxy) is 1. The summed E-state index contributed by atoms with van der Waals surface area (Å²) in [6.07, 6.45) is 1.53. The summed E-state index contributed by atoms with van der Waals surface area (Å²) in [6, 6.07) is 15.9. The van der Waals surface area contributed by atoms with Gasteiger partial charge in [-0.3, -0.25) is 14.7 Å². The highest BCUT2D eigenvalue weighted by Crippen LogP contribution is 2.32. The minimum Gasteiger partial charge on any atom is -0.370 e. The second kappa shape index (κ2) is 9.39. The van der Waals surface area contributed by atoms with Crippen LogP contribution in [-0.2, 0) is 4.74 Å². The van der Waals surface area contributed by atoms with Crippen LogP contribution in [0.1, 0.15) is 22.0 Å². The number of aromatic nitrogens is 1. The maximum absolute atomic E-state index is 13.5. The van der Waals surface area contributed by atoms with Gasteiger partial charge in [-0.15, -0.1) is 0 Å². The molecule has 0 spiro atoms. The number of carbonyl (C=O) groups is 1. The minimum atomic E-state index is -0.438. The Morgan fingerprint density at radius 3 is 2.73 bits per heavy atom. The monoisotopic (exact) mass is 485 g/mol. The Labute approximate surface area is 201 Å². The van der Waals surface area contributed by atoms with Crippen molar-refractivity contribution in [1.29, 1.82) is 0 Å². The van der Waals surface area contributed by atoms with Gasteiger partial charge in [0, 0.05) is 37.9 Å². The quantitative estimate of drug-likeness (QED) is 0.518. The van der Waals surface area contributed by atoms with Crippen LogP contribution in [0.5, 0.6) is 0 Å². The predicted octanol–water partition coefficient (Wildman–Crippen LogP) is 5.09. The summed E-state index contributed by atoms with van der Waals surface area (Å²) in [5.74, 6) is -0.531. The average Bonchev–Trinajstić information content (AvgIpc) is 2.85. The zero-order valence-corrected chi connectivity index (χ0v) is 19.3. The molecule has 0 saturated carbocycles. The van der Waals surface area contributed by atoms with Crippen LogP contribution < -0.4 is 0 Å². The number of amides is 1. The van der Waals surface area contributed by atoms with Gasteiger partial charge in [0.05, 0.1) is 40.1 Å². The van der Waals surface area contributed by atoms with Crippen molar-refractivity contribution in [2.24, 2.45) is 0 Å². The number of halogens is 3. The van der Waals surface area contributed by atoms with Crippen molar-refractivity contribution >= 4 is 29.1 Å². The molecular formula is C25H22Cl2FN3O2. The predicted molar refractivity (Wildman–Crippen MR) is 126 cm³/mol. The second-order valence-electron chi connectivity index (χ2n) is 8.28. The molecule has 0 bridgehead atoms. The highest BCUT2D eigenvalue weighted by molar-refractivity contribution is 6.36. The summed E-state index contributed by atoms with van der Waals surface area (Å²) in [4.78, 5) is 21.9. The highest BCUT2D eigenvalue weighted by atomic mass is 35.5. The zero-order chi connectivity index (χ0) is 22.9. The molecule has 170 valence electrons. The van der Waals surface area contributed by atoms with E-state index >= 15 is 0 Å². The molecule has 2 atom stereocenters. The molecule has 8 heteroatoms. The third-order valence-electron chi connectivity index (χ3n) is 6.27. The van der Waals surface area contributed by atoms with Crippen molar-refractivity contribution in [3.8, 4) is 11.3 Å². The van der Waals surface area contributed by atoms with Gasteiger partial charge in [-0.25, -0.2) is 4.39 Å². The first-order valence-corrected chi connectivity index (χ1v) is 11.6. The first-order chi connectivity index (χ1) is 16.0. The van der Waals surface area contributed by atoms with Crippen molar-refractivity contribution in [1.82, 2.24) is 14.8 Å². The molecule has 1 amide bonds. The van der Waals surface area contributed by atoms with E-state index in [1.165, 1.54) is 6.07 Å². The van der Waals surface area contributed by atoms with Crippen molar-refractivity contribution in [3.63, 3.8) is 0 Å². The molecular weight excluding hydrogens is 464 g/mol. The summed E-state index contributed by atoms with van der Waals surface area (Å²) >= 11 is 12.6. The fraction of sp³-hybridized carbons (Fsp3) is 0.280. The smallest absolute Gasteiger partial charge is 0.255 e. The summed E-state index contributed by atoms with van der Waals surface area (Å²) in [7, 11) is 0. The van der Waals surface area contributed by atoms with Gasteiger partial charge < -0.3 is 9.64 Å². The van der Waals surface area contributed by atoms with Crippen LogP contribution in [0.25, 0.3) is 11.3 Å². The first kappa shape index (κ1) is 22.3. The maximum atomic E-state index is 13.5. The number of carbonyl (C=O) groups excluding carboxylic acids is 1. The molecule has 3 heterocycles. The van der Waals surface area contributed by atoms with Gasteiger partial charge in [0.2, 0.25) is 0 Å². The van der Waals surface area contributed by atoms with Crippen LogP contribution >= 0.6 is 23.2 Å². The molecule has 33 heavy (non-hydrogen) atoms. The molecule has 2 aliphatic rings. The number of piperazine rings is 1. The fourth-order valence-electron chi connectivity index (χ4n) is 4.47. The van der Waals surface area contributed by atoms with Crippen molar-refractivity contribution in [3.05, 3.63) is 87.8 Å². The Morgan fingerprint density at radius 1 is 1.06 bits per heavy atom. The van der Waals surface area contributed by atoms with E-state index < -0.39 is 5.82 Å². The van der Waals surface area contributed by atoms with Gasteiger partial charge in [-0.05, 0) is 35.9 Å². The van der Waals surface area contributed by atoms with E-state index in [4.69, 9.17) is 27.9 Å². The molecule has 2 aromatic carbocycles. The van der Waals surface area contributed by atoms with Gasteiger partial charge in [0.25, 0.3) is 5.91 Å². The van der Waals surface area contributed by atoms with Crippen molar-refractivity contribution in [2.45, 2.75) is 12.1 Å². The Balaban J connectivity index is 1.28. The molecule has 2 fully saturated rings. The van der Waals surface area contributed by atoms with Crippen LogP contribution in [0.3, 0.4) is 0 Å².